The SMILES string of the molecule is CC(NCC1(C)CCC1)C1CC1. The van der Waals surface area contributed by atoms with E-state index in [9.17, 15) is 0 Å². The van der Waals surface area contributed by atoms with Crippen molar-refractivity contribution in [1.29, 1.82) is 0 Å². The van der Waals surface area contributed by atoms with Crippen molar-refractivity contribution in [2.75, 3.05) is 6.54 Å². The van der Waals surface area contributed by atoms with E-state index in [2.05, 4.69) is 19.2 Å². The monoisotopic (exact) mass is 167 g/mol. The van der Waals surface area contributed by atoms with E-state index in [4.69, 9.17) is 0 Å². The van der Waals surface area contributed by atoms with Crippen LogP contribution in [-0.2, 0) is 0 Å². The molecule has 0 bridgehead atoms. The second-order valence-electron chi connectivity index (χ2n) is 5.17. The van der Waals surface area contributed by atoms with Crippen LogP contribution in [0.2, 0.25) is 0 Å². The summed E-state index contributed by atoms with van der Waals surface area (Å²) in [7, 11) is 0. The fourth-order valence-corrected chi connectivity index (χ4v) is 2.13. The van der Waals surface area contributed by atoms with Crippen LogP contribution in [0.1, 0.15) is 46.0 Å². The molecule has 0 saturated heterocycles. The van der Waals surface area contributed by atoms with Crippen LogP contribution in [0.15, 0.2) is 0 Å². The van der Waals surface area contributed by atoms with Crippen molar-refractivity contribution < 1.29 is 0 Å². The summed E-state index contributed by atoms with van der Waals surface area (Å²) in [4.78, 5) is 0. The molecule has 0 aliphatic heterocycles. The highest BCUT2D eigenvalue weighted by Crippen LogP contribution is 2.40. The minimum Gasteiger partial charge on any atom is -0.313 e. The van der Waals surface area contributed by atoms with Gasteiger partial charge in [-0.15, -0.1) is 0 Å². The van der Waals surface area contributed by atoms with Crippen LogP contribution in [0.25, 0.3) is 0 Å². The number of rotatable bonds is 4. The summed E-state index contributed by atoms with van der Waals surface area (Å²) in [5.74, 6) is 1.01. The number of hydrogen-bond donors (Lipinski definition) is 1. The van der Waals surface area contributed by atoms with Gasteiger partial charge in [0, 0.05) is 12.6 Å². The Bertz CT molecular complexity index is 156. The second kappa shape index (κ2) is 3.02. The molecule has 1 unspecified atom stereocenters. The van der Waals surface area contributed by atoms with Crippen LogP contribution in [0.3, 0.4) is 0 Å². The molecule has 0 aromatic rings. The fourth-order valence-electron chi connectivity index (χ4n) is 2.13. The van der Waals surface area contributed by atoms with Gasteiger partial charge in [0.25, 0.3) is 0 Å². The summed E-state index contributed by atoms with van der Waals surface area (Å²) in [5.41, 5.74) is 0.656. The van der Waals surface area contributed by atoms with Gasteiger partial charge in [0.05, 0.1) is 0 Å². The van der Waals surface area contributed by atoms with E-state index in [1.54, 1.807) is 0 Å². The molecule has 0 spiro atoms. The molecule has 0 radical (unpaired) electrons. The standard InChI is InChI=1S/C11H21N/c1-9(10-4-5-10)12-8-11(2)6-3-7-11/h9-10,12H,3-8H2,1-2H3. The summed E-state index contributed by atoms with van der Waals surface area (Å²) in [6.45, 7) is 6.02. The molecule has 1 atom stereocenters. The molecular formula is C11H21N. The van der Waals surface area contributed by atoms with E-state index in [0.717, 1.165) is 12.0 Å². The highest BCUT2D eigenvalue weighted by Gasteiger charge is 2.34. The lowest BCUT2D eigenvalue weighted by Gasteiger charge is -2.39. The lowest BCUT2D eigenvalue weighted by Crippen LogP contribution is -2.41. The second-order valence-corrected chi connectivity index (χ2v) is 5.17. The Balaban J connectivity index is 1.66. The van der Waals surface area contributed by atoms with Gasteiger partial charge in [-0.05, 0) is 43.9 Å². The Hall–Kier alpha value is -0.0400. The minimum absolute atomic E-state index is 0.656. The zero-order valence-electron chi connectivity index (χ0n) is 8.40. The van der Waals surface area contributed by atoms with Crippen LogP contribution in [0.4, 0.5) is 0 Å². The van der Waals surface area contributed by atoms with E-state index in [1.165, 1.54) is 38.6 Å². The number of hydrogen-bond acceptors (Lipinski definition) is 1. The van der Waals surface area contributed by atoms with Gasteiger partial charge in [-0.3, -0.25) is 0 Å². The Morgan fingerprint density at radius 1 is 1.42 bits per heavy atom. The maximum atomic E-state index is 3.69. The van der Waals surface area contributed by atoms with E-state index in [1.807, 2.05) is 0 Å². The maximum Gasteiger partial charge on any atom is 0.00672 e. The van der Waals surface area contributed by atoms with Gasteiger partial charge in [0.15, 0.2) is 0 Å². The summed E-state index contributed by atoms with van der Waals surface area (Å²) in [6, 6.07) is 0.780. The third kappa shape index (κ3) is 1.82. The van der Waals surface area contributed by atoms with Crippen LogP contribution < -0.4 is 5.32 Å². The van der Waals surface area contributed by atoms with Crippen LogP contribution in [0, 0.1) is 11.3 Å². The van der Waals surface area contributed by atoms with Crippen molar-refractivity contribution in [2.45, 2.75) is 52.0 Å². The molecule has 0 aromatic heterocycles. The summed E-state index contributed by atoms with van der Waals surface area (Å²) in [5, 5.41) is 3.69. The van der Waals surface area contributed by atoms with E-state index in [-0.39, 0.29) is 0 Å². The molecule has 2 fully saturated rings. The van der Waals surface area contributed by atoms with Gasteiger partial charge in [0.2, 0.25) is 0 Å². The van der Waals surface area contributed by atoms with E-state index in [0.29, 0.717) is 5.41 Å². The zero-order valence-corrected chi connectivity index (χ0v) is 8.40. The van der Waals surface area contributed by atoms with Crippen LogP contribution in [0.5, 0.6) is 0 Å². The first-order valence-corrected chi connectivity index (χ1v) is 5.43. The summed E-state index contributed by atoms with van der Waals surface area (Å²) < 4.78 is 0. The minimum atomic E-state index is 0.656. The lowest BCUT2D eigenvalue weighted by molar-refractivity contribution is 0.150. The molecule has 70 valence electrons. The molecule has 12 heavy (non-hydrogen) atoms. The first kappa shape index (κ1) is 8.55. The summed E-state index contributed by atoms with van der Waals surface area (Å²) >= 11 is 0. The molecule has 1 N–H and O–H groups in total. The lowest BCUT2D eigenvalue weighted by atomic mass is 9.70. The average Bonchev–Trinajstić information content (AvgIpc) is 2.78. The predicted molar refractivity (Wildman–Crippen MR) is 52.1 cm³/mol. The smallest absolute Gasteiger partial charge is 0.00672 e. The van der Waals surface area contributed by atoms with E-state index >= 15 is 0 Å². The Labute approximate surface area is 75.9 Å². The Kier molecular flexibility index (Phi) is 2.16. The van der Waals surface area contributed by atoms with E-state index < -0.39 is 0 Å². The predicted octanol–water partition coefficient (Wildman–Crippen LogP) is 2.56. The molecule has 1 nitrogen and oxygen atoms in total. The molecule has 2 saturated carbocycles. The Morgan fingerprint density at radius 3 is 2.50 bits per heavy atom. The topological polar surface area (TPSA) is 12.0 Å². The quantitative estimate of drug-likeness (QED) is 0.678. The van der Waals surface area contributed by atoms with Crippen LogP contribution >= 0.6 is 0 Å². The normalized spacial score (nSPS) is 29.5. The van der Waals surface area contributed by atoms with Crippen molar-refractivity contribution in [3.8, 4) is 0 Å². The van der Waals surface area contributed by atoms with Crippen molar-refractivity contribution in [3.63, 3.8) is 0 Å². The van der Waals surface area contributed by atoms with Gasteiger partial charge in [0.1, 0.15) is 0 Å². The first-order valence-electron chi connectivity index (χ1n) is 5.43. The van der Waals surface area contributed by atoms with Gasteiger partial charge >= 0.3 is 0 Å². The van der Waals surface area contributed by atoms with Gasteiger partial charge < -0.3 is 5.32 Å². The molecule has 0 heterocycles. The first-order chi connectivity index (χ1) is 5.70. The van der Waals surface area contributed by atoms with Gasteiger partial charge in [-0.25, -0.2) is 0 Å². The summed E-state index contributed by atoms with van der Waals surface area (Å²) in [6.07, 6.45) is 7.26. The molecular weight excluding hydrogens is 146 g/mol. The molecule has 0 aromatic carbocycles. The third-order valence-electron chi connectivity index (χ3n) is 3.74. The van der Waals surface area contributed by atoms with Crippen LogP contribution in [-0.4, -0.2) is 12.6 Å². The highest BCUT2D eigenvalue weighted by molar-refractivity contribution is 4.89. The maximum absolute atomic E-state index is 3.69. The van der Waals surface area contributed by atoms with Crippen molar-refractivity contribution in [3.05, 3.63) is 0 Å². The Morgan fingerprint density at radius 2 is 2.08 bits per heavy atom. The van der Waals surface area contributed by atoms with Gasteiger partial charge in [-0.1, -0.05) is 13.3 Å². The van der Waals surface area contributed by atoms with Crippen molar-refractivity contribution in [1.82, 2.24) is 5.32 Å². The zero-order chi connectivity index (χ0) is 8.60. The fraction of sp³-hybridized carbons (Fsp3) is 1.00. The largest absolute Gasteiger partial charge is 0.313 e. The molecule has 2 rings (SSSR count). The van der Waals surface area contributed by atoms with Crippen molar-refractivity contribution in [2.24, 2.45) is 11.3 Å². The molecule has 1 heteroatoms. The molecule has 0 amide bonds. The average molecular weight is 167 g/mol. The van der Waals surface area contributed by atoms with Gasteiger partial charge in [-0.2, -0.15) is 0 Å². The van der Waals surface area contributed by atoms with Crippen molar-refractivity contribution >= 4 is 0 Å². The third-order valence-corrected chi connectivity index (χ3v) is 3.74. The number of nitrogens with one attached hydrogen (secondary N) is 1. The molecule has 2 aliphatic carbocycles. The molecule has 2 aliphatic rings. The highest BCUT2D eigenvalue weighted by atomic mass is 14.9.